The van der Waals surface area contributed by atoms with Gasteiger partial charge >= 0.3 is 0 Å². The molecule has 3 heteroatoms. The maximum absolute atomic E-state index is 11.6. The molecule has 1 aromatic carbocycles. The van der Waals surface area contributed by atoms with Crippen LogP contribution in [0.2, 0.25) is 0 Å². The summed E-state index contributed by atoms with van der Waals surface area (Å²) in [5.74, 6) is -0.237. The van der Waals surface area contributed by atoms with E-state index in [1.165, 1.54) is 0 Å². The fraction of sp³-hybridized carbons (Fsp3) is 0.364. The lowest BCUT2D eigenvalue weighted by atomic mass is 10.0. The first-order valence-electron chi connectivity index (χ1n) is 4.58. The van der Waals surface area contributed by atoms with E-state index in [9.17, 15) is 9.90 Å². The van der Waals surface area contributed by atoms with E-state index in [0.717, 1.165) is 5.56 Å². The molecule has 0 amide bonds. The quantitative estimate of drug-likeness (QED) is 0.694. The summed E-state index contributed by atoms with van der Waals surface area (Å²) in [6.45, 7) is 2.24. The lowest BCUT2D eigenvalue weighted by Gasteiger charge is -2.08. The number of aliphatic hydroxyl groups excluding tert-OH is 1. The third kappa shape index (κ3) is 2.65. The summed E-state index contributed by atoms with van der Waals surface area (Å²) in [4.78, 5) is 11.6. The summed E-state index contributed by atoms with van der Waals surface area (Å²) in [7, 11) is 1.70. The Kier molecular flexibility index (Phi) is 3.80. The number of hydrogen-bond acceptors (Lipinski definition) is 3. The summed E-state index contributed by atoms with van der Waals surface area (Å²) < 4.78 is 0. The number of Topliss-reactive ketones (excluding diaryl/α,β-unsaturated/α-hetero) is 1. The van der Waals surface area contributed by atoms with Crippen LogP contribution in [0.15, 0.2) is 24.3 Å². The van der Waals surface area contributed by atoms with Crippen molar-refractivity contribution in [2.75, 3.05) is 13.6 Å². The smallest absolute Gasteiger partial charge is 0.192 e. The summed E-state index contributed by atoms with van der Waals surface area (Å²) >= 11 is 0. The van der Waals surface area contributed by atoms with Crippen molar-refractivity contribution in [1.29, 1.82) is 0 Å². The minimum absolute atomic E-state index is 0.237. The van der Waals surface area contributed by atoms with Crippen LogP contribution in [-0.4, -0.2) is 30.6 Å². The van der Waals surface area contributed by atoms with E-state index in [4.69, 9.17) is 0 Å². The van der Waals surface area contributed by atoms with Crippen LogP contribution >= 0.6 is 0 Å². The zero-order valence-electron chi connectivity index (χ0n) is 8.45. The number of benzene rings is 1. The van der Waals surface area contributed by atoms with Crippen molar-refractivity contribution in [2.45, 2.75) is 13.0 Å². The summed E-state index contributed by atoms with van der Waals surface area (Å²) in [6, 6.07) is 7.19. The molecule has 0 fully saturated rings. The van der Waals surface area contributed by atoms with Crippen molar-refractivity contribution < 1.29 is 9.90 Å². The Morgan fingerprint density at radius 3 is 2.50 bits per heavy atom. The number of ketones is 1. The molecular weight excluding hydrogens is 178 g/mol. The van der Waals surface area contributed by atoms with Gasteiger partial charge in [0.15, 0.2) is 5.78 Å². The molecule has 3 nitrogen and oxygen atoms in total. The highest BCUT2D eigenvalue weighted by Gasteiger charge is 2.15. The maximum Gasteiger partial charge on any atom is 0.192 e. The van der Waals surface area contributed by atoms with E-state index >= 15 is 0 Å². The third-order valence-corrected chi connectivity index (χ3v) is 2.04. The van der Waals surface area contributed by atoms with Gasteiger partial charge < -0.3 is 10.4 Å². The van der Waals surface area contributed by atoms with Gasteiger partial charge in [0.1, 0.15) is 6.10 Å². The number of aliphatic hydroxyl groups is 1. The van der Waals surface area contributed by atoms with Crippen molar-refractivity contribution in [3.63, 3.8) is 0 Å². The fourth-order valence-corrected chi connectivity index (χ4v) is 1.20. The van der Waals surface area contributed by atoms with Gasteiger partial charge in [-0.3, -0.25) is 4.79 Å². The van der Waals surface area contributed by atoms with Gasteiger partial charge in [0, 0.05) is 12.1 Å². The average Bonchev–Trinajstić information content (AvgIpc) is 2.18. The van der Waals surface area contributed by atoms with E-state index in [2.05, 4.69) is 5.32 Å². The van der Waals surface area contributed by atoms with Crippen molar-refractivity contribution in [3.8, 4) is 0 Å². The van der Waals surface area contributed by atoms with E-state index < -0.39 is 6.10 Å². The van der Waals surface area contributed by atoms with Crippen LogP contribution in [0.5, 0.6) is 0 Å². The second kappa shape index (κ2) is 4.88. The molecule has 1 atom stereocenters. The summed E-state index contributed by atoms with van der Waals surface area (Å²) in [5, 5.41) is 12.2. The first-order valence-corrected chi connectivity index (χ1v) is 4.58. The van der Waals surface area contributed by atoms with Crippen LogP contribution in [0.4, 0.5) is 0 Å². The van der Waals surface area contributed by atoms with Crippen LogP contribution in [0.3, 0.4) is 0 Å². The number of carbonyl (C=O) groups is 1. The number of hydrogen-bond donors (Lipinski definition) is 2. The van der Waals surface area contributed by atoms with E-state index in [1.807, 2.05) is 19.1 Å². The molecular formula is C11H15NO2. The molecule has 76 valence electrons. The molecule has 0 heterocycles. The molecule has 0 aromatic heterocycles. The van der Waals surface area contributed by atoms with Crippen molar-refractivity contribution in [2.24, 2.45) is 0 Å². The zero-order chi connectivity index (χ0) is 10.6. The number of nitrogens with one attached hydrogen (secondary N) is 1. The molecule has 2 N–H and O–H groups in total. The largest absolute Gasteiger partial charge is 0.384 e. The third-order valence-electron chi connectivity index (χ3n) is 2.04. The van der Waals surface area contributed by atoms with Gasteiger partial charge in [0.25, 0.3) is 0 Å². The lowest BCUT2D eigenvalue weighted by molar-refractivity contribution is 0.0750. The highest BCUT2D eigenvalue weighted by atomic mass is 16.3. The number of rotatable bonds is 4. The van der Waals surface area contributed by atoms with Crippen molar-refractivity contribution in [1.82, 2.24) is 5.32 Å². The molecule has 0 aliphatic heterocycles. The Bertz CT molecular complexity index is 306. The van der Waals surface area contributed by atoms with Crippen molar-refractivity contribution in [3.05, 3.63) is 35.4 Å². The highest BCUT2D eigenvalue weighted by Crippen LogP contribution is 2.06. The SMILES string of the molecule is CNCC(O)C(=O)c1ccc(C)cc1. The molecule has 0 saturated carbocycles. The lowest BCUT2D eigenvalue weighted by Crippen LogP contribution is -2.31. The second-order valence-electron chi connectivity index (χ2n) is 3.30. The molecule has 1 aromatic rings. The standard InChI is InChI=1S/C11H15NO2/c1-8-3-5-9(6-4-8)11(14)10(13)7-12-2/h3-6,10,12-13H,7H2,1-2H3. The van der Waals surface area contributed by atoms with Gasteiger partial charge in [-0.05, 0) is 14.0 Å². The predicted octanol–water partition coefficient (Wildman–Crippen LogP) is 0.758. The minimum atomic E-state index is -0.956. The Morgan fingerprint density at radius 2 is 2.00 bits per heavy atom. The van der Waals surface area contributed by atoms with Gasteiger partial charge in [-0.25, -0.2) is 0 Å². The van der Waals surface area contributed by atoms with Gasteiger partial charge in [-0.15, -0.1) is 0 Å². The normalized spacial score (nSPS) is 12.5. The van der Waals surface area contributed by atoms with Crippen LogP contribution in [0.1, 0.15) is 15.9 Å². The van der Waals surface area contributed by atoms with Gasteiger partial charge in [-0.1, -0.05) is 29.8 Å². The molecule has 0 bridgehead atoms. The average molecular weight is 193 g/mol. The summed E-state index contributed by atoms with van der Waals surface area (Å²) in [5.41, 5.74) is 1.66. The number of carbonyl (C=O) groups excluding carboxylic acids is 1. The van der Waals surface area contributed by atoms with E-state index in [0.29, 0.717) is 5.56 Å². The van der Waals surface area contributed by atoms with Crippen LogP contribution in [-0.2, 0) is 0 Å². The van der Waals surface area contributed by atoms with Gasteiger partial charge in [0.2, 0.25) is 0 Å². The minimum Gasteiger partial charge on any atom is -0.384 e. The topological polar surface area (TPSA) is 49.3 Å². The first-order chi connectivity index (χ1) is 6.65. The zero-order valence-corrected chi connectivity index (χ0v) is 8.45. The van der Waals surface area contributed by atoms with Crippen LogP contribution in [0.25, 0.3) is 0 Å². The molecule has 1 unspecified atom stereocenters. The van der Waals surface area contributed by atoms with E-state index in [1.54, 1.807) is 19.2 Å². The molecule has 0 aliphatic rings. The fourth-order valence-electron chi connectivity index (χ4n) is 1.20. The summed E-state index contributed by atoms with van der Waals surface area (Å²) in [6.07, 6.45) is -0.956. The number of aryl methyl sites for hydroxylation is 1. The monoisotopic (exact) mass is 193 g/mol. The van der Waals surface area contributed by atoms with Crippen LogP contribution < -0.4 is 5.32 Å². The van der Waals surface area contributed by atoms with Crippen LogP contribution in [0, 0.1) is 6.92 Å². The molecule has 0 aliphatic carbocycles. The van der Waals surface area contributed by atoms with Gasteiger partial charge in [0.05, 0.1) is 0 Å². The Balaban J connectivity index is 2.74. The predicted molar refractivity (Wildman–Crippen MR) is 55.4 cm³/mol. The molecule has 1 rings (SSSR count). The van der Waals surface area contributed by atoms with Crippen molar-refractivity contribution >= 4 is 5.78 Å². The molecule has 0 saturated heterocycles. The Hall–Kier alpha value is -1.19. The van der Waals surface area contributed by atoms with Gasteiger partial charge in [-0.2, -0.15) is 0 Å². The molecule has 0 radical (unpaired) electrons. The highest BCUT2D eigenvalue weighted by molar-refractivity contribution is 5.99. The Labute approximate surface area is 83.8 Å². The van der Waals surface area contributed by atoms with E-state index in [-0.39, 0.29) is 12.3 Å². The number of likely N-dealkylation sites (N-methyl/N-ethyl adjacent to an activating group) is 1. The molecule has 14 heavy (non-hydrogen) atoms. The first kappa shape index (κ1) is 10.9. The maximum atomic E-state index is 11.6. The molecule has 0 spiro atoms. The Morgan fingerprint density at radius 1 is 1.43 bits per heavy atom. The second-order valence-corrected chi connectivity index (χ2v) is 3.30.